The van der Waals surface area contributed by atoms with Crippen LogP contribution in [-0.4, -0.2) is 56.1 Å². The van der Waals surface area contributed by atoms with Gasteiger partial charge in [0.1, 0.15) is 0 Å². The second-order valence-electron chi connectivity index (χ2n) is 5.60. The van der Waals surface area contributed by atoms with Gasteiger partial charge >= 0.3 is 0 Å². The van der Waals surface area contributed by atoms with Gasteiger partial charge in [0.25, 0.3) is 0 Å². The second-order valence-corrected chi connectivity index (χ2v) is 6.04. The molecule has 0 bridgehead atoms. The van der Waals surface area contributed by atoms with Gasteiger partial charge in [-0.3, -0.25) is 4.79 Å². The zero-order valence-electron chi connectivity index (χ0n) is 12.7. The molecule has 0 saturated carbocycles. The molecule has 1 aromatic carbocycles. The number of likely N-dealkylation sites (tertiary alicyclic amines) is 1. The molecule has 1 saturated heterocycles. The van der Waals surface area contributed by atoms with Crippen molar-refractivity contribution < 1.29 is 9.53 Å². The van der Waals surface area contributed by atoms with Gasteiger partial charge in [0.05, 0.1) is 12.5 Å². The number of hydrogen-bond acceptors (Lipinski definition) is 3. The average Bonchev–Trinajstić information content (AvgIpc) is 2.93. The van der Waals surface area contributed by atoms with Crippen LogP contribution in [-0.2, 0) is 16.1 Å². The molecule has 5 heteroatoms. The first-order valence-electron chi connectivity index (χ1n) is 7.31. The first kappa shape index (κ1) is 16.3. The number of benzene rings is 1. The van der Waals surface area contributed by atoms with E-state index in [0.717, 1.165) is 38.2 Å². The van der Waals surface area contributed by atoms with Gasteiger partial charge in [0.2, 0.25) is 5.91 Å². The fourth-order valence-electron chi connectivity index (χ4n) is 2.76. The third-order valence-corrected chi connectivity index (χ3v) is 4.15. The standard InChI is InChI=1S/C16H23ClN2O2/c1-18(11-13-4-3-5-15(17)10-13)16(20)14-6-7-19(12-14)8-9-21-2/h3-5,10,14H,6-9,11-12H2,1-2H3. The zero-order valence-corrected chi connectivity index (χ0v) is 13.5. The molecule has 0 radical (unpaired) electrons. The predicted octanol–water partition coefficient (Wildman–Crippen LogP) is 2.27. The molecule has 4 nitrogen and oxygen atoms in total. The SMILES string of the molecule is COCCN1CCC(C(=O)N(C)Cc2cccc(Cl)c2)C1. The summed E-state index contributed by atoms with van der Waals surface area (Å²) in [6, 6.07) is 7.66. The molecule has 1 aromatic rings. The Kier molecular flexibility index (Phi) is 6.03. The molecule has 21 heavy (non-hydrogen) atoms. The lowest BCUT2D eigenvalue weighted by Crippen LogP contribution is -2.34. The second kappa shape index (κ2) is 7.78. The summed E-state index contributed by atoms with van der Waals surface area (Å²) in [5, 5.41) is 0.708. The van der Waals surface area contributed by atoms with E-state index >= 15 is 0 Å². The lowest BCUT2D eigenvalue weighted by atomic mass is 10.1. The van der Waals surface area contributed by atoms with E-state index in [2.05, 4.69) is 4.90 Å². The Bertz CT molecular complexity index is 481. The summed E-state index contributed by atoms with van der Waals surface area (Å²) in [5.74, 6) is 0.320. The van der Waals surface area contributed by atoms with Crippen molar-refractivity contribution in [1.82, 2.24) is 9.80 Å². The number of methoxy groups -OCH3 is 1. The number of carbonyl (C=O) groups is 1. The Hall–Kier alpha value is -1.10. The van der Waals surface area contributed by atoms with Crippen LogP contribution in [0.5, 0.6) is 0 Å². The molecule has 1 aliphatic heterocycles. The van der Waals surface area contributed by atoms with Crippen molar-refractivity contribution in [3.63, 3.8) is 0 Å². The number of rotatable bonds is 6. The third-order valence-electron chi connectivity index (χ3n) is 3.92. The highest BCUT2D eigenvalue weighted by atomic mass is 35.5. The zero-order chi connectivity index (χ0) is 15.2. The van der Waals surface area contributed by atoms with Crippen molar-refractivity contribution >= 4 is 17.5 Å². The Morgan fingerprint density at radius 1 is 1.52 bits per heavy atom. The molecule has 0 aliphatic carbocycles. The summed E-state index contributed by atoms with van der Waals surface area (Å²) in [4.78, 5) is 16.6. The summed E-state index contributed by atoms with van der Waals surface area (Å²) in [5.41, 5.74) is 1.06. The number of amides is 1. The molecule has 1 unspecified atom stereocenters. The van der Waals surface area contributed by atoms with Crippen molar-refractivity contribution in [2.75, 3.05) is 40.4 Å². The van der Waals surface area contributed by atoms with E-state index in [1.807, 2.05) is 31.3 Å². The molecule has 1 atom stereocenters. The monoisotopic (exact) mass is 310 g/mol. The highest BCUT2D eigenvalue weighted by molar-refractivity contribution is 6.30. The van der Waals surface area contributed by atoms with Crippen molar-refractivity contribution in [3.8, 4) is 0 Å². The number of halogens is 1. The number of ether oxygens (including phenoxy) is 1. The molecule has 1 fully saturated rings. The van der Waals surface area contributed by atoms with E-state index < -0.39 is 0 Å². The average molecular weight is 311 g/mol. The van der Waals surface area contributed by atoms with Crippen molar-refractivity contribution in [1.29, 1.82) is 0 Å². The molecule has 0 aromatic heterocycles. The van der Waals surface area contributed by atoms with Gasteiger partial charge in [0, 0.05) is 38.8 Å². The molecular weight excluding hydrogens is 288 g/mol. The van der Waals surface area contributed by atoms with Gasteiger partial charge in [-0.25, -0.2) is 0 Å². The molecule has 2 rings (SSSR count). The van der Waals surface area contributed by atoms with E-state index in [1.54, 1.807) is 12.0 Å². The van der Waals surface area contributed by atoms with Gasteiger partial charge in [-0.1, -0.05) is 23.7 Å². The van der Waals surface area contributed by atoms with E-state index in [4.69, 9.17) is 16.3 Å². The van der Waals surface area contributed by atoms with E-state index in [-0.39, 0.29) is 11.8 Å². The van der Waals surface area contributed by atoms with Gasteiger partial charge in [-0.15, -0.1) is 0 Å². The van der Waals surface area contributed by atoms with Crippen LogP contribution in [0.3, 0.4) is 0 Å². The van der Waals surface area contributed by atoms with E-state index in [1.165, 1.54) is 0 Å². The molecular formula is C16H23ClN2O2. The summed E-state index contributed by atoms with van der Waals surface area (Å²) in [7, 11) is 3.57. The van der Waals surface area contributed by atoms with E-state index in [0.29, 0.717) is 11.6 Å². The maximum Gasteiger partial charge on any atom is 0.227 e. The number of nitrogens with zero attached hydrogens (tertiary/aromatic N) is 2. The lowest BCUT2D eigenvalue weighted by molar-refractivity contribution is -0.134. The van der Waals surface area contributed by atoms with Crippen molar-refractivity contribution in [2.45, 2.75) is 13.0 Å². The van der Waals surface area contributed by atoms with Crippen LogP contribution in [0.25, 0.3) is 0 Å². The maximum absolute atomic E-state index is 12.5. The minimum Gasteiger partial charge on any atom is -0.383 e. The largest absolute Gasteiger partial charge is 0.383 e. The number of carbonyl (C=O) groups excluding carboxylic acids is 1. The van der Waals surface area contributed by atoms with Gasteiger partial charge < -0.3 is 14.5 Å². The normalized spacial score (nSPS) is 18.9. The summed E-state index contributed by atoms with van der Waals surface area (Å²) in [6.07, 6.45) is 0.933. The predicted molar refractivity (Wildman–Crippen MR) is 84.3 cm³/mol. The van der Waals surface area contributed by atoms with Crippen LogP contribution >= 0.6 is 11.6 Å². The lowest BCUT2D eigenvalue weighted by Gasteiger charge is -2.22. The minimum atomic E-state index is 0.103. The fraction of sp³-hybridized carbons (Fsp3) is 0.562. The van der Waals surface area contributed by atoms with Crippen LogP contribution in [0.15, 0.2) is 24.3 Å². The number of hydrogen-bond donors (Lipinski definition) is 0. The summed E-state index contributed by atoms with van der Waals surface area (Å²) < 4.78 is 5.09. The molecule has 0 spiro atoms. The fourth-order valence-corrected chi connectivity index (χ4v) is 2.97. The molecule has 0 N–H and O–H groups in total. The van der Waals surface area contributed by atoms with Crippen molar-refractivity contribution in [3.05, 3.63) is 34.9 Å². The topological polar surface area (TPSA) is 32.8 Å². The quantitative estimate of drug-likeness (QED) is 0.808. The van der Waals surface area contributed by atoms with Crippen molar-refractivity contribution in [2.24, 2.45) is 5.92 Å². The summed E-state index contributed by atoms with van der Waals surface area (Å²) in [6.45, 7) is 4.04. The third kappa shape index (κ3) is 4.70. The Labute approximate surface area is 131 Å². The Morgan fingerprint density at radius 2 is 2.33 bits per heavy atom. The Morgan fingerprint density at radius 3 is 3.05 bits per heavy atom. The van der Waals surface area contributed by atoms with Crippen LogP contribution in [0, 0.1) is 5.92 Å². The smallest absolute Gasteiger partial charge is 0.227 e. The first-order chi connectivity index (χ1) is 10.1. The molecule has 116 valence electrons. The summed E-state index contributed by atoms with van der Waals surface area (Å²) >= 11 is 5.98. The van der Waals surface area contributed by atoms with E-state index in [9.17, 15) is 4.79 Å². The molecule has 1 amide bonds. The minimum absolute atomic E-state index is 0.103. The molecule has 1 aliphatic rings. The van der Waals surface area contributed by atoms with Crippen LogP contribution in [0.4, 0.5) is 0 Å². The van der Waals surface area contributed by atoms with Crippen LogP contribution in [0.1, 0.15) is 12.0 Å². The highest BCUT2D eigenvalue weighted by Crippen LogP contribution is 2.19. The van der Waals surface area contributed by atoms with Gasteiger partial charge in [-0.2, -0.15) is 0 Å². The molecule has 1 heterocycles. The maximum atomic E-state index is 12.5. The first-order valence-corrected chi connectivity index (χ1v) is 7.68. The highest BCUT2D eigenvalue weighted by Gasteiger charge is 2.29. The Balaban J connectivity index is 1.85. The van der Waals surface area contributed by atoms with Gasteiger partial charge in [0.15, 0.2) is 0 Å². The van der Waals surface area contributed by atoms with Crippen LogP contribution < -0.4 is 0 Å². The van der Waals surface area contributed by atoms with Gasteiger partial charge in [-0.05, 0) is 30.7 Å². The van der Waals surface area contributed by atoms with Crippen LogP contribution in [0.2, 0.25) is 5.02 Å².